The highest BCUT2D eigenvalue weighted by atomic mass is 35.5. The highest BCUT2D eigenvalue weighted by molar-refractivity contribution is 7.99. The zero-order valence-corrected chi connectivity index (χ0v) is 14.1. The van der Waals surface area contributed by atoms with Crippen molar-refractivity contribution >= 4 is 29.3 Å². The van der Waals surface area contributed by atoms with Crippen LogP contribution in [0.5, 0.6) is 0 Å². The first kappa shape index (κ1) is 17.4. The summed E-state index contributed by atoms with van der Waals surface area (Å²) in [4.78, 5) is 11.7. The minimum absolute atomic E-state index is 0.00998. The van der Waals surface area contributed by atoms with E-state index in [0.29, 0.717) is 28.6 Å². The van der Waals surface area contributed by atoms with E-state index in [4.69, 9.17) is 11.6 Å². The van der Waals surface area contributed by atoms with Crippen LogP contribution in [-0.2, 0) is 10.5 Å². The number of carbonyl (C=O) groups excluding carboxylic acids is 1. The average molecular weight is 342 g/mol. The predicted octanol–water partition coefficient (Wildman–Crippen LogP) is 4.72. The van der Waals surface area contributed by atoms with Gasteiger partial charge in [0.1, 0.15) is 5.82 Å². The molecule has 0 fully saturated rings. The van der Waals surface area contributed by atoms with Crippen LogP contribution in [0.3, 0.4) is 0 Å². The van der Waals surface area contributed by atoms with Gasteiger partial charge in [0, 0.05) is 17.3 Å². The number of hydrogen-bond acceptors (Lipinski definition) is 2. The SMILES string of the molecule is O=C(CSCc1ccc(Cl)cc1F)NCCC1=CCCCC1. The fraction of sp³-hybridized carbons (Fsp3) is 0.471. The van der Waals surface area contributed by atoms with Gasteiger partial charge in [-0.1, -0.05) is 29.3 Å². The van der Waals surface area contributed by atoms with E-state index in [1.165, 1.54) is 49.1 Å². The summed E-state index contributed by atoms with van der Waals surface area (Å²) in [6.45, 7) is 0.695. The van der Waals surface area contributed by atoms with Gasteiger partial charge in [0.25, 0.3) is 0 Å². The van der Waals surface area contributed by atoms with Crippen molar-refractivity contribution in [2.45, 2.75) is 37.9 Å². The molecule has 0 aromatic heterocycles. The lowest BCUT2D eigenvalue weighted by atomic mass is 9.97. The third-order valence-electron chi connectivity index (χ3n) is 3.66. The van der Waals surface area contributed by atoms with Crippen molar-refractivity contribution in [2.24, 2.45) is 0 Å². The minimum atomic E-state index is -0.315. The molecular formula is C17H21ClFNOS. The van der Waals surface area contributed by atoms with Crippen LogP contribution in [0.25, 0.3) is 0 Å². The monoisotopic (exact) mass is 341 g/mol. The van der Waals surface area contributed by atoms with E-state index in [-0.39, 0.29) is 11.7 Å². The Morgan fingerprint density at radius 2 is 2.23 bits per heavy atom. The Morgan fingerprint density at radius 3 is 2.95 bits per heavy atom. The van der Waals surface area contributed by atoms with Gasteiger partial charge in [0.15, 0.2) is 0 Å². The highest BCUT2D eigenvalue weighted by Crippen LogP contribution is 2.20. The zero-order chi connectivity index (χ0) is 15.8. The first-order chi connectivity index (χ1) is 10.6. The summed E-state index contributed by atoms with van der Waals surface area (Å²) >= 11 is 7.12. The molecule has 0 aliphatic heterocycles. The predicted molar refractivity (Wildman–Crippen MR) is 91.7 cm³/mol. The Morgan fingerprint density at radius 1 is 1.36 bits per heavy atom. The summed E-state index contributed by atoms with van der Waals surface area (Å²) in [5.74, 6) is 0.517. The molecule has 0 heterocycles. The van der Waals surface area contributed by atoms with Crippen molar-refractivity contribution in [3.63, 3.8) is 0 Å². The molecule has 1 aliphatic rings. The van der Waals surface area contributed by atoms with Gasteiger partial charge in [-0.3, -0.25) is 4.79 Å². The second kappa shape index (κ2) is 9.21. The quantitative estimate of drug-likeness (QED) is 0.727. The molecule has 1 N–H and O–H groups in total. The van der Waals surface area contributed by atoms with Crippen LogP contribution < -0.4 is 5.32 Å². The van der Waals surface area contributed by atoms with Gasteiger partial charge in [-0.05, 0) is 49.8 Å². The van der Waals surface area contributed by atoms with Crippen LogP contribution in [0.15, 0.2) is 29.8 Å². The fourth-order valence-corrected chi connectivity index (χ4v) is 3.44. The van der Waals surface area contributed by atoms with Crippen LogP contribution in [0.4, 0.5) is 4.39 Å². The Kier molecular flexibility index (Phi) is 7.26. The molecular weight excluding hydrogens is 321 g/mol. The molecule has 0 atom stereocenters. The molecule has 0 bridgehead atoms. The fourth-order valence-electron chi connectivity index (χ4n) is 2.44. The minimum Gasteiger partial charge on any atom is -0.355 e. The first-order valence-corrected chi connectivity index (χ1v) is 9.14. The topological polar surface area (TPSA) is 29.1 Å². The number of thioether (sulfide) groups is 1. The van der Waals surface area contributed by atoms with E-state index in [9.17, 15) is 9.18 Å². The summed E-state index contributed by atoms with van der Waals surface area (Å²) in [6.07, 6.45) is 8.14. The average Bonchev–Trinajstić information content (AvgIpc) is 2.50. The number of halogens is 2. The van der Waals surface area contributed by atoms with Crippen molar-refractivity contribution in [3.8, 4) is 0 Å². The molecule has 120 valence electrons. The maximum atomic E-state index is 13.6. The molecule has 0 radical (unpaired) electrons. The van der Waals surface area contributed by atoms with Crippen molar-refractivity contribution in [1.29, 1.82) is 0 Å². The third-order valence-corrected chi connectivity index (χ3v) is 4.88. The normalized spacial score (nSPS) is 14.5. The molecule has 1 aromatic rings. The van der Waals surface area contributed by atoms with Gasteiger partial charge in [-0.25, -0.2) is 4.39 Å². The van der Waals surface area contributed by atoms with Gasteiger partial charge in [-0.15, -0.1) is 11.8 Å². The number of allylic oxidation sites excluding steroid dienone is 1. The Balaban J connectivity index is 1.62. The lowest BCUT2D eigenvalue weighted by molar-refractivity contribution is -0.118. The molecule has 1 amide bonds. The van der Waals surface area contributed by atoms with Crippen LogP contribution in [0.1, 0.15) is 37.7 Å². The van der Waals surface area contributed by atoms with Crippen LogP contribution in [0.2, 0.25) is 5.02 Å². The molecule has 0 saturated carbocycles. The van der Waals surface area contributed by atoms with Gasteiger partial charge in [0.2, 0.25) is 5.91 Å². The summed E-state index contributed by atoms with van der Waals surface area (Å²) in [6, 6.07) is 4.63. The molecule has 2 rings (SSSR count). The Labute approximate surface area is 140 Å². The molecule has 0 spiro atoms. The number of benzene rings is 1. The van der Waals surface area contributed by atoms with Crippen LogP contribution in [0, 0.1) is 5.82 Å². The van der Waals surface area contributed by atoms with E-state index < -0.39 is 0 Å². The van der Waals surface area contributed by atoms with Crippen molar-refractivity contribution < 1.29 is 9.18 Å². The van der Waals surface area contributed by atoms with Gasteiger partial charge in [0.05, 0.1) is 5.75 Å². The molecule has 2 nitrogen and oxygen atoms in total. The van der Waals surface area contributed by atoms with Crippen molar-refractivity contribution in [2.75, 3.05) is 12.3 Å². The molecule has 1 aliphatic carbocycles. The standard InChI is InChI=1S/C17H21ClFNOS/c18-15-7-6-14(16(19)10-15)11-22-12-17(21)20-9-8-13-4-2-1-3-5-13/h4,6-7,10H,1-3,5,8-9,11-12H2,(H,20,21). The molecule has 5 heteroatoms. The molecule has 0 unspecified atom stereocenters. The van der Waals surface area contributed by atoms with Crippen molar-refractivity contribution in [3.05, 3.63) is 46.3 Å². The summed E-state index contributed by atoms with van der Waals surface area (Å²) < 4.78 is 13.6. The highest BCUT2D eigenvalue weighted by Gasteiger charge is 2.07. The summed E-state index contributed by atoms with van der Waals surface area (Å²) in [5, 5.41) is 3.31. The number of rotatable bonds is 7. The molecule has 0 saturated heterocycles. The molecule has 1 aromatic carbocycles. The number of nitrogens with one attached hydrogen (secondary N) is 1. The third kappa shape index (κ3) is 6.01. The number of hydrogen-bond donors (Lipinski definition) is 1. The zero-order valence-electron chi connectivity index (χ0n) is 12.5. The van der Waals surface area contributed by atoms with E-state index >= 15 is 0 Å². The first-order valence-electron chi connectivity index (χ1n) is 7.61. The summed E-state index contributed by atoms with van der Waals surface area (Å²) in [5.41, 5.74) is 2.04. The van der Waals surface area contributed by atoms with E-state index in [1.807, 2.05) is 0 Å². The Hall–Kier alpha value is -1.00. The number of carbonyl (C=O) groups is 1. The van der Waals surface area contributed by atoms with Crippen molar-refractivity contribution in [1.82, 2.24) is 5.32 Å². The van der Waals surface area contributed by atoms with Gasteiger partial charge < -0.3 is 5.32 Å². The lowest BCUT2D eigenvalue weighted by Gasteiger charge is -2.12. The second-order valence-electron chi connectivity index (χ2n) is 5.44. The van der Waals surface area contributed by atoms with E-state index in [2.05, 4.69) is 11.4 Å². The van der Waals surface area contributed by atoms with E-state index in [0.717, 1.165) is 6.42 Å². The molecule has 22 heavy (non-hydrogen) atoms. The maximum Gasteiger partial charge on any atom is 0.230 e. The van der Waals surface area contributed by atoms with E-state index in [1.54, 1.807) is 12.1 Å². The van der Waals surface area contributed by atoms with Gasteiger partial charge in [-0.2, -0.15) is 0 Å². The second-order valence-corrected chi connectivity index (χ2v) is 6.86. The van der Waals surface area contributed by atoms with Gasteiger partial charge >= 0.3 is 0 Å². The maximum absolute atomic E-state index is 13.6. The number of amides is 1. The Bertz CT molecular complexity index is 547. The summed E-state index contributed by atoms with van der Waals surface area (Å²) in [7, 11) is 0. The van der Waals surface area contributed by atoms with Crippen LogP contribution >= 0.6 is 23.4 Å². The van der Waals surface area contributed by atoms with Crippen LogP contribution in [-0.4, -0.2) is 18.2 Å². The largest absolute Gasteiger partial charge is 0.355 e. The lowest BCUT2D eigenvalue weighted by Crippen LogP contribution is -2.26. The smallest absolute Gasteiger partial charge is 0.230 e.